The third kappa shape index (κ3) is 3.51. The molecule has 0 fully saturated rings. The van der Waals surface area contributed by atoms with Crippen LogP contribution in [0.2, 0.25) is 0 Å². The fourth-order valence-corrected chi connectivity index (χ4v) is 1.38. The summed E-state index contributed by atoms with van der Waals surface area (Å²) in [6, 6.07) is 0. The highest BCUT2D eigenvalue weighted by Crippen LogP contribution is 2.54. The van der Waals surface area contributed by atoms with E-state index < -0.39 is 62.6 Å². The van der Waals surface area contributed by atoms with Gasteiger partial charge in [0, 0.05) is 26.1 Å². The van der Waals surface area contributed by atoms with Crippen LogP contribution < -0.4 is 0 Å². The first-order chi connectivity index (χ1) is 8.87. The first-order valence-corrected chi connectivity index (χ1v) is 5.60. The average Bonchev–Trinajstić information content (AvgIpc) is 2.33. The van der Waals surface area contributed by atoms with E-state index in [1.165, 1.54) is 0 Å². The van der Waals surface area contributed by atoms with E-state index in [4.69, 9.17) is 10.2 Å². The lowest BCUT2D eigenvalue weighted by molar-refractivity contribution is -0.368. The molecule has 0 amide bonds. The smallest absolute Gasteiger partial charge is 0.378 e. The Hall–Kier alpha value is -0.640. The molecular weight excluding hydrogens is 304 g/mol. The van der Waals surface area contributed by atoms with Crippen molar-refractivity contribution in [1.29, 1.82) is 0 Å². The minimum absolute atomic E-state index is 0.944. The van der Waals surface area contributed by atoms with E-state index in [-0.39, 0.29) is 0 Å². The summed E-state index contributed by atoms with van der Waals surface area (Å²) in [6.07, 6.45) is -5.61. The molecule has 0 aliphatic rings. The Bertz CT molecular complexity index is 276. The predicted octanol–water partition coefficient (Wildman–Crippen LogP) is 3.07. The van der Waals surface area contributed by atoms with Crippen molar-refractivity contribution in [2.75, 3.05) is 13.2 Å². The lowest BCUT2D eigenvalue weighted by atomic mass is 9.93. The van der Waals surface area contributed by atoms with E-state index in [2.05, 4.69) is 0 Å². The Morgan fingerprint density at radius 2 is 0.800 bits per heavy atom. The highest BCUT2D eigenvalue weighted by atomic mass is 19.4. The summed E-state index contributed by atoms with van der Waals surface area (Å²) in [6.45, 7) is -1.95. The number of hydrogen-bond acceptors (Lipinski definition) is 2. The highest BCUT2D eigenvalue weighted by molar-refractivity contribution is 5.03. The highest BCUT2D eigenvalue weighted by Gasteiger charge is 2.79. The molecule has 0 aromatic heterocycles. The molecule has 122 valence electrons. The van der Waals surface area contributed by atoms with Gasteiger partial charge in [0.15, 0.2) is 0 Å². The number of alkyl halides is 8. The Balaban J connectivity index is 5.32. The van der Waals surface area contributed by atoms with Crippen molar-refractivity contribution in [2.45, 2.75) is 49.4 Å². The third-order valence-corrected chi connectivity index (χ3v) is 2.61. The van der Waals surface area contributed by atoms with Crippen LogP contribution in [-0.2, 0) is 0 Å². The molecule has 2 nitrogen and oxygen atoms in total. The van der Waals surface area contributed by atoms with E-state index in [9.17, 15) is 35.1 Å². The molecule has 0 saturated heterocycles. The first-order valence-electron chi connectivity index (χ1n) is 5.60. The molecule has 0 radical (unpaired) electrons. The van der Waals surface area contributed by atoms with Gasteiger partial charge in [0.2, 0.25) is 0 Å². The Morgan fingerprint density at radius 1 is 0.550 bits per heavy atom. The monoisotopic (exact) mass is 318 g/mol. The van der Waals surface area contributed by atoms with Crippen molar-refractivity contribution >= 4 is 0 Å². The van der Waals surface area contributed by atoms with Crippen molar-refractivity contribution < 1.29 is 45.3 Å². The van der Waals surface area contributed by atoms with Gasteiger partial charge in [0.1, 0.15) is 0 Å². The molecule has 0 aromatic rings. The normalized spacial score (nSPS) is 14.7. The summed E-state index contributed by atoms with van der Waals surface area (Å²) < 4.78 is 104. The SMILES string of the molecule is OCCCC(F)(F)C(F)(F)C(F)(F)C(F)(F)CCCO. The van der Waals surface area contributed by atoms with Crippen molar-refractivity contribution in [3.05, 3.63) is 0 Å². The van der Waals surface area contributed by atoms with Gasteiger partial charge in [-0.25, -0.2) is 0 Å². The van der Waals surface area contributed by atoms with Crippen LogP contribution in [0, 0.1) is 0 Å². The molecule has 0 atom stereocenters. The van der Waals surface area contributed by atoms with Gasteiger partial charge in [0.25, 0.3) is 0 Å². The maximum atomic E-state index is 13.1. The molecule has 2 N–H and O–H groups in total. The van der Waals surface area contributed by atoms with Crippen LogP contribution in [0.4, 0.5) is 35.1 Å². The van der Waals surface area contributed by atoms with Gasteiger partial charge in [-0.05, 0) is 12.8 Å². The maximum Gasteiger partial charge on any atom is 0.378 e. The molecule has 0 spiro atoms. The van der Waals surface area contributed by atoms with Crippen LogP contribution in [0.1, 0.15) is 25.7 Å². The maximum absolute atomic E-state index is 13.1. The van der Waals surface area contributed by atoms with Crippen molar-refractivity contribution in [2.24, 2.45) is 0 Å². The molecular formula is C10H14F8O2. The van der Waals surface area contributed by atoms with Crippen molar-refractivity contribution in [1.82, 2.24) is 0 Å². The molecule has 0 saturated carbocycles. The van der Waals surface area contributed by atoms with E-state index in [0.717, 1.165) is 0 Å². The number of aliphatic hydroxyl groups excluding tert-OH is 2. The zero-order chi connectivity index (χ0) is 16.2. The molecule has 0 aromatic carbocycles. The molecule has 0 unspecified atom stereocenters. The van der Waals surface area contributed by atoms with Crippen molar-refractivity contribution in [3.63, 3.8) is 0 Å². The van der Waals surface area contributed by atoms with Gasteiger partial charge in [-0.1, -0.05) is 0 Å². The molecule has 20 heavy (non-hydrogen) atoms. The summed E-state index contributed by atoms with van der Waals surface area (Å²) in [4.78, 5) is 0. The predicted molar refractivity (Wildman–Crippen MR) is 52.4 cm³/mol. The summed E-state index contributed by atoms with van der Waals surface area (Å²) in [5, 5.41) is 16.5. The minimum atomic E-state index is -6.28. The lowest BCUT2D eigenvalue weighted by Gasteiger charge is -2.36. The quantitative estimate of drug-likeness (QED) is 0.642. The Labute approximate surface area is 109 Å². The minimum Gasteiger partial charge on any atom is -0.396 e. The van der Waals surface area contributed by atoms with Crippen molar-refractivity contribution in [3.8, 4) is 0 Å². The van der Waals surface area contributed by atoms with Crippen LogP contribution in [0.15, 0.2) is 0 Å². The van der Waals surface area contributed by atoms with E-state index in [0.29, 0.717) is 0 Å². The number of aliphatic hydroxyl groups is 2. The van der Waals surface area contributed by atoms with E-state index >= 15 is 0 Å². The second-order valence-electron chi connectivity index (χ2n) is 4.21. The largest absolute Gasteiger partial charge is 0.396 e. The summed E-state index contributed by atoms with van der Waals surface area (Å²) >= 11 is 0. The third-order valence-electron chi connectivity index (χ3n) is 2.61. The lowest BCUT2D eigenvalue weighted by Crippen LogP contribution is -2.62. The topological polar surface area (TPSA) is 40.5 Å². The van der Waals surface area contributed by atoms with E-state index in [1.54, 1.807) is 0 Å². The van der Waals surface area contributed by atoms with Gasteiger partial charge in [-0.15, -0.1) is 0 Å². The van der Waals surface area contributed by atoms with Gasteiger partial charge in [-0.3, -0.25) is 0 Å². The molecule has 0 aliphatic heterocycles. The molecule has 0 bridgehead atoms. The molecule has 10 heteroatoms. The number of rotatable bonds is 9. The molecule has 0 aliphatic carbocycles. The Kier molecular flexibility index (Phi) is 6.21. The standard InChI is InChI=1S/C10H14F8O2/c11-7(12,3-1-5-19)9(15,16)10(17,18)8(13,14)4-2-6-20/h19-20H,1-6H2. The average molecular weight is 318 g/mol. The van der Waals surface area contributed by atoms with Gasteiger partial charge in [-0.2, -0.15) is 35.1 Å². The second kappa shape index (κ2) is 6.42. The fraction of sp³-hybridized carbons (Fsp3) is 1.00. The van der Waals surface area contributed by atoms with Gasteiger partial charge in [0.05, 0.1) is 0 Å². The van der Waals surface area contributed by atoms with Crippen LogP contribution in [-0.4, -0.2) is 47.1 Å². The zero-order valence-electron chi connectivity index (χ0n) is 10.2. The van der Waals surface area contributed by atoms with Crippen LogP contribution in [0.3, 0.4) is 0 Å². The summed E-state index contributed by atoms with van der Waals surface area (Å²) in [7, 11) is 0. The zero-order valence-corrected chi connectivity index (χ0v) is 10.2. The Morgan fingerprint density at radius 3 is 1.00 bits per heavy atom. The number of halogens is 8. The van der Waals surface area contributed by atoms with Gasteiger partial charge < -0.3 is 10.2 Å². The fourth-order valence-electron chi connectivity index (χ4n) is 1.38. The first kappa shape index (κ1) is 19.4. The second-order valence-corrected chi connectivity index (χ2v) is 4.21. The summed E-state index contributed by atoms with van der Waals surface area (Å²) in [5.41, 5.74) is 0. The van der Waals surface area contributed by atoms with Gasteiger partial charge >= 0.3 is 23.7 Å². The summed E-state index contributed by atoms with van der Waals surface area (Å²) in [5.74, 6) is -23.4. The van der Waals surface area contributed by atoms with Crippen LogP contribution in [0.25, 0.3) is 0 Å². The van der Waals surface area contributed by atoms with Crippen LogP contribution >= 0.6 is 0 Å². The van der Waals surface area contributed by atoms with Crippen LogP contribution in [0.5, 0.6) is 0 Å². The number of hydrogen-bond donors (Lipinski definition) is 2. The van der Waals surface area contributed by atoms with E-state index in [1.807, 2.05) is 0 Å². The molecule has 0 heterocycles. The molecule has 0 rings (SSSR count).